The molecule has 1 saturated heterocycles. The molecule has 94 valence electrons. The molecule has 0 aliphatic carbocycles. The Hall–Kier alpha value is -1.16. The van der Waals surface area contributed by atoms with Gasteiger partial charge >= 0.3 is 0 Å². The van der Waals surface area contributed by atoms with Crippen molar-refractivity contribution in [3.8, 4) is 0 Å². The van der Waals surface area contributed by atoms with Crippen molar-refractivity contribution in [2.75, 3.05) is 18.0 Å². The molecular formula is C13H22N4. The minimum absolute atomic E-state index is 0.490. The zero-order valence-corrected chi connectivity index (χ0v) is 10.8. The van der Waals surface area contributed by atoms with Crippen molar-refractivity contribution >= 4 is 5.95 Å². The average Bonchev–Trinajstić information content (AvgIpc) is 2.40. The van der Waals surface area contributed by atoms with Gasteiger partial charge in [0.25, 0.3) is 0 Å². The molecule has 2 atom stereocenters. The summed E-state index contributed by atoms with van der Waals surface area (Å²) in [6.07, 6.45) is 7.43. The molecule has 1 aromatic rings. The zero-order chi connectivity index (χ0) is 12.1. The lowest BCUT2D eigenvalue weighted by Gasteiger charge is -2.39. The number of piperidine rings is 1. The van der Waals surface area contributed by atoms with Crippen LogP contribution in [-0.4, -0.2) is 35.1 Å². The molecule has 1 aromatic heterocycles. The summed E-state index contributed by atoms with van der Waals surface area (Å²) < 4.78 is 0. The molecule has 4 nitrogen and oxygen atoms in total. The minimum Gasteiger partial charge on any atom is -0.336 e. The SMILES string of the molecule is CCNC(C)C1CCCCN1c1ncccn1. The molecule has 0 amide bonds. The summed E-state index contributed by atoms with van der Waals surface area (Å²) in [6, 6.07) is 2.88. The second-order valence-corrected chi connectivity index (χ2v) is 4.65. The highest BCUT2D eigenvalue weighted by Crippen LogP contribution is 2.23. The maximum absolute atomic E-state index is 4.38. The third-order valence-corrected chi connectivity index (χ3v) is 3.46. The van der Waals surface area contributed by atoms with Crippen LogP contribution in [0, 0.1) is 0 Å². The van der Waals surface area contributed by atoms with E-state index >= 15 is 0 Å². The largest absolute Gasteiger partial charge is 0.336 e. The van der Waals surface area contributed by atoms with Crippen LogP contribution in [0.25, 0.3) is 0 Å². The summed E-state index contributed by atoms with van der Waals surface area (Å²) >= 11 is 0. The molecule has 1 aliphatic rings. The van der Waals surface area contributed by atoms with Crippen LogP contribution in [-0.2, 0) is 0 Å². The molecule has 1 fully saturated rings. The normalized spacial score (nSPS) is 22.5. The van der Waals surface area contributed by atoms with Crippen LogP contribution in [0.1, 0.15) is 33.1 Å². The first kappa shape index (κ1) is 12.3. The van der Waals surface area contributed by atoms with E-state index in [1.165, 1.54) is 19.3 Å². The zero-order valence-electron chi connectivity index (χ0n) is 10.8. The number of hydrogen-bond acceptors (Lipinski definition) is 4. The summed E-state index contributed by atoms with van der Waals surface area (Å²) in [6.45, 7) is 6.50. The van der Waals surface area contributed by atoms with Crippen molar-refractivity contribution in [3.63, 3.8) is 0 Å². The smallest absolute Gasteiger partial charge is 0.225 e. The van der Waals surface area contributed by atoms with Crippen LogP contribution in [0.3, 0.4) is 0 Å². The predicted molar refractivity (Wildman–Crippen MR) is 70.2 cm³/mol. The van der Waals surface area contributed by atoms with Gasteiger partial charge in [-0.2, -0.15) is 0 Å². The maximum atomic E-state index is 4.38. The average molecular weight is 234 g/mol. The molecule has 0 spiro atoms. The molecule has 1 N–H and O–H groups in total. The highest BCUT2D eigenvalue weighted by Gasteiger charge is 2.28. The molecule has 0 radical (unpaired) electrons. The molecule has 4 heteroatoms. The quantitative estimate of drug-likeness (QED) is 0.863. The molecule has 17 heavy (non-hydrogen) atoms. The first-order valence-electron chi connectivity index (χ1n) is 6.60. The van der Waals surface area contributed by atoms with E-state index in [0.29, 0.717) is 12.1 Å². The van der Waals surface area contributed by atoms with Gasteiger partial charge in [-0.25, -0.2) is 9.97 Å². The Labute approximate surface area is 103 Å². The van der Waals surface area contributed by atoms with Crippen LogP contribution < -0.4 is 10.2 Å². The van der Waals surface area contributed by atoms with Crippen molar-refractivity contribution < 1.29 is 0 Å². The maximum Gasteiger partial charge on any atom is 0.225 e. The van der Waals surface area contributed by atoms with E-state index in [2.05, 4.69) is 34.0 Å². The van der Waals surface area contributed by atoms with Gasteiger partial charge in [0.1, 0.15) is 0 Å². The summed E-state index contributed by atoms with van der Waals surface area (Å²) in [7, 11) is 0. The number of nitrogens with zero attached hydrogens (tertiary/aromatic N) is 3. The van der Waals surface area contributed by atoms with Gasteiger partial charge in [0, 0.05) is 31.0 Å². The standard InChI is InChI=1S/C13H22N4/c1-3-14-11(2)12-7-4-5-10-17(12)13-15-8-6-9-16-13/h6,8-9,11-12,14H,3-5,7,10H2,1-2H3. The minimum atomic E-state index is 0.490. The lowest BCUT2D eigenvalue weighted by Crippen LogP contribution is -2.51. The van der Waals surface area contributed by atoms with E-state index in [4.69, 9.17) is 0 Å². The number of anilines is 1. The van der Waals surface area contributed by atoms with Crippen LogP contribution in [0.15, 0.2) is 18.5 Å². The van der Waals surface area contributed by atoms with Gasteiger partial charge in [0.15, 0.2) is 0 Å². The molecule has 2 heterocycles. The summed E-state index contributed by atoms with van der Waals surface area (Å²) in [5, 5.41) is 3.52. The lowest BCUT2D eigenvalue weighted by atomic mass is 9.97. The highest BCUT2D eigenvalue weighted by atomic mass is 15.3. The number of nitrogens with one attached hydrogen (secondary N) is 1. The Morgan fingerprint density at radius 2 is 2.18 bits per heavy atom. The Morgan fingerprint density at radius 3 is 2.88 bits per heavy atom. The van der Waals surface area contributed by atoms with Gasteiger partial charge in [0.2, 0.25) is 5.95 Å². The van der Waals surface area contributed by atoms with Gasteiger partial charge in [-0.15, -0.1) is 0 Å². The first-order valence-corrected chi connectivity index (χ1v) is 6.60. The fourth-order valence-electron chi connectivity index (χ4n) is 2.62. The Kier molecular flexibility index (Phi) is 4.31. The molecule has 0 bridgehead atoms. The van der Waals surface area contributed by atoms with Gasteiger partial charge in [-0.05, 0) is 38.8 Å². The van der Waals surface area contributed by atoms with Crippen molar-refractivity contribution in [2.24, 2.45) is 0 Å². The van der Waals surface area contributed by atoms with Crippen molar-refractivity contribution in [1.82, 2.24) is 15.3 Å². The highest BCUT2D eigenvalue weighted by molar-refractivity contribution is 5.32. The fourth-order valence-corrected chi connectivity index (χ4v) is 2.62. The monoisotopic (exact) mass is 234 g/mol. The third-order valence-electron chi connectivity index (χ3n) is 3.46. The summed E-state index contributed by atoms with van der Waals surface area (Å²) in [5.74, 6) is 0.877. The number of aromatic nitrogens is 2. The van der Waals surface area contributed by atoms with E-state index in [0.717, 1.165) is 19.0 Å². The van der Waals surface area contributed by atoms with Gasteiger partial charge in [-0.1, -0.05) is 6.92 Å². The summed E-state index contributed by atoms with van der Waals surface area (Å²) in [4.78, 5) is 11.1. The van der Waals surface area contributed by atoms with Gasteiger partial charge in [-0.3, -0.25) is 0 Å². The fraction of sp³-hybridized carbons (Fsp3) is 0.692. The van der Waals surface area contributed by atoms with Crippen LogP contribution in [0.2, 0.25) is 0 Å². The van der Waals surface area contributed by atoms with Crippen LogP contribution in [0.4, 0.5) is 5.95 Å². The van der Waals surface area contributed by atoms with Crippen LogP contribution >= 0.6 is 0 Å². The summed E-state index contributed by atoms with van der Waals surface area (Å²) in [5.41, 5.74) is 0. The van der Waals surface area contributed by atoms with E-state index in [-0.39, 0.29) is 0 Å². The van der Waals surface area contributed by atoms with Gasteiger partial charge < -0.3 is 10.2 Å². The molecule has 2 rings (SSSR count). The Morgan fingerprint density at radius 1 is 1.41 bits per heavy atom. The van der Waals surface area contributed by atoms with Crippen molar-refractivity contribution in [2.45, 2.75) is 45.2 Å². The van der Waals surface area contributed by atoms with E-state index in [9.17, 15) is 0 Å². The number of hydrogen-bond donors (Lipinski definition) is 1. The van der Waals surface area contributed by atoms with Crippen molar-refractivity contribution in [1.29, 1.82) is 0 Å². The molecule has 2 unspecified atom stereocenters. The topological polar surface area (TPSA) is 41.0 Å². The molecule has 1 aliphatic heterocycles. The lowest BCUT2D eigenvalue weighted by molar-refractivity contribution is 0.368. The first-order chi connectivity index (χ1) is 8.33. The van der Waals surface area contributed by atoms with Crippen molar-refractivity contribution in [3.05, 3.63) is 18.5 Å². The Balaban J connectivity index is 2.12. The van der Waals surface area contributed by atoms with Gasteiger partial charge in [0.05, 0.1) is 0 Å². The molecular weight excluding hydrogens is 212 g/mol. The predicted octanol–water partition coefficient (Wildman–Crippen LogP) is 1.83. The molecule has 0 saturated carbocycles. The number of likely N-dealkylation sites (N-methyl/N-ethyl adjacent to an activating group) is 1. The van der Waals surface area contributed by atoms with E-state index < -0.39 is 0 Å². The third kappa shape index (κ3) is 2.94. The van der Waals surface area contributed by atoms with E-state index in [1.54, 1.807) is 0 Å². The second-order valence-electron chi connectivity index (χ2n) is 4.65. The molecule has 0 aromatic carbocycles. The number of rotatable bonds is 4. The second kappa shape index (κ2) is 5.96. The van der Waals surface area contributed by atoms with E-state index in [1.807, 2.05) is 18.5 Å². The Bertz CT molecular complexity index is 327. The van der Waals surface area contributed by atoms with Crippen LogP contribution in [0.5, 0.6) is 0 Å².